The molecule has 0 bridgehead atoms. The fourth-order valence-corrected chi connectivity index (χ4v) is 1.27. The molecule has 0 unspecified atom stereocenters. The lowest BCUT2D eigenvalue weighted by Crippen LogP contribution is -2.21. The first-order valence-electron chi connectivity index (χ1n) is 4.19. The van der Waals surface area contributed by atoms with E-state index in [1.54, 1.807) is 36.5 Å². The molecule has 14 heavy (non-hydrogen) atoms. The lowest BCUT2D eigenvalue weighted by molar-refractivity contribution is -0.0271. The molecule has 0 saturated heterocycles. The van der Waals surface area contributed by atoms with Gasteiger partial charge in [-0.2, -0.15) is 0 Å². The van der Waals surface area contributed by atoms with E-state index in [-0.39, 0.29) is 0 Å². The van der Waals surface area contributed by atoms with Gasteiger partial charge in [0, 0.05) is 12.4 Å². The van der Waals surface area contributed by atoms with Crippen LogP contribution < -0.4 is 0 Å². The van der Waals surface area contributed by atoms with Crippen LogP contribution in [0, 0.1) is 0 Å². The minimum absolute atomic E-state index is 0.524. The van der Waals surface area contributed by atoms with Crippen molar-refractivity contribution in [2.45, 2.75) is 0 Å². The van der Waals surface area contributed by atoms with Crippen LogP contribution in [0.2, 0.25) is 0 Å². The van der Waals surface area contributed by atoms with E-state index < -0.39 is 0 Å². The molecule has 2 aliphatic heterocycles. The van der Waals surface area contributed by atoms with Crippen molar-refractivity contribution in [3.63, 3.8) is 0 Å². The molecule has 72 valence electrons. The van der Waals surface area contributed by atoms with E-state index in [0.717, 1.165) is 10.1 Å². The van der Waals surface area contributed by atoms with E-state index in [1.165, 1.54) is 12.4 Å². The molecule has 2 aliphatic rings. The largest absolute Gasteiger partial charge is 0.284 e. The number of allylic oxidation sites excluding steroid dienone is 6. The maximum atomic E-state index is 9.48. The van der Waals surface area contributed by atoms with Crippen LogP contribution in [0.3, 0.4) is 0 Å². The van der Waals surface area contributed by atoms with Gasteiger partial charge in [-0.25, -0.2) is 10.1 Å². The lowest BCUT2D eigenvalue weighted by Gasteiger charge is -2.23. The molecule has 2 heterocycles. The quantitative estimate of drug-likeness (QED) is 0.611. The summed E-state index contributed by atoms with van der Waals surface area (Å²) in [5.41, 5.74) is 1.05. The summed E-state index contributed by atoms with van der Waals surface area (Å²) < 4.78 is 0. The molecule has 0 aromatic heterocycles. The Morgan fingerprint density at radius 1 is 0.714 bits per heavy atom. The van der Waals surface area contributed by atoms with Crippen LogP contribution in [0.25, 0.3) is 0 Å². The van der Waals surface area contributed by atoms with E-state index in [2.05, 4.69) is 0 Å². The summed E-state index contributed by atoms with van der Waals surface area (Å²) in [6.45, 7) is 0. The highest BCUT2D eigenvalue weighted by Gasteiger charge is 2.13. The van der Waals surface area contributed by atoms with Gasteiger partial charge in [0.05, 0.1) is 11.4 Å². The standard InChI is InChI=1S/C10H10N2O2/c13-11-7-3-1-5-9(11)10-6-2-4-8-12(10)14/h1-8,13-14H. The second kappa shape index (κ2) is 3.53. The first kappa shape index (κ1) is 8.80. The summed E-state index contributed by atoms with van der Waals surface area (Å²) >= 11 is 0. The van der Waals surface area contributed by atoms with E-state index in [9.17, 15) is 10.4 Å². The Morgan fingerprint density at radius 3 is 1.50 bits per heavy atom. The van der Waals surface area contributed by atoms with Crippen LogP contribution in [0.1, 0.15) is 0 Å². The number of hydroxylamine groups is 4. The van der Waals surface area contributed by atoms with Gasteiger partial charge in [0.25, 0.3) is 0 Å². The summed E-state index contributed by atoms with van der Waals surface area (Å²) in [6.07, 6.45) is 13.4. The maximum Gasteiger partial charge on any atom is 0.0947 e. The van der Waals surface area contributed by atoms with Crippen LogP contribution in [0.15, 0.2) is 60.3 Å². The van der Waals surface area contributed by atoms with Crippen molar-refractivity contribution >= 4 is 0 Å². The summed E-state index contributed by atoms with van der Waals surface area (Å²) in [7, 11) is 0. The molecule has 2 N–H and O–H groups in total. The topological polar surface area (TPSA) is 46.9 Å². The van der Waals surface area contributed by atoms with Gasteiger partial charge in [0.1, 0.15) is 0 Å². The average Bonchev–Trinajstić information content (AvgIpc) is 2.20. The Bertz CT molecular complexity index is 342. The third-order valence-electron chi connectivity index (χ3n) is 1.94. The second-order valence-electron chi connectivity index (χ2n) is 2.86. The maximum absolute atomic E-state index is 9.48. The SMILES string of the molecule is ON1C=CC=CC1=C1C=CC=CN1O. The van der Waals surface area contributed by atoms with Crippen LogP contribution >= 0.6 is 0 Å². The van der Waals surface area contributed by atoms with Crippen LogP contribution in [0.5, 0.6) is 0 Å². The van der Waals surface area contributed by atoms with Gasteiger partial charge in [-0.1, -0.05) is 12.2 Å². The van der Waals surface area contributed by atoms with Gasteiger partial charge >= 0.3 is 0 Å². The van der Waals surface area contributed by atoms with Crippen LogP contribution in [0.4, 0.5) is 0 Å². The third kappa shape index (κ3) is 1.48. The Hall–Kier alpha value is -1.78. The number of nitrogens with zero attached hydrogens (tertiary/aromatic N) is 2. The molecule has 2 rings (SSSR count). The zero-order valence-corrected chi connectivity index (χ0v) is 7.41. The molecule has 4 heteroatoms. The molecule has 0 aromatic carbocycles. The van der Waals surface area contributed by atoms with Crippen molar-refractivity contribution in [1.29, 1.82) is 0 Å². The molecule has 0 fully saturated rings. The van der Waals surface area contributed by atoms with Gasteiger partial charge in [0.15, 0.2) is 0 Å². The average molecular weight is 190 g/mol. The number of rotatable bonds is 0. The second-order valence-corrected chi connectivity index (χ2v) is 2.86. The highest BCUT2D eigenvalue weighted by Crippen LogP contribution is 2.20. The molecule has 0 atom stereocenters. The lowest BCUT2D eigenvalue weighted by atomic mass is 10.2. The van der Waals surface area contributed by atoms with Crippen molar-refractivity contribution in [2.75, 3.05) is 0 Å². The van der Waals surface area contributed by atoms with E-state index in [0.29, 0.717) is 11.4 Å². The van der Waals surface area contributed by atoms with Gasteiger partial charge in [-0.05, 0) is 24.3 Å². The molecular formula is C10H10N2O2. The first-order valence-corrected chi connectivity index (χ1v) is 4.19. The van der Waals surface area contributed by atoms with E-state index >= 15 is 0 Å². The molecule has 0 spiro atoms. The van der Waals surface area contributed by atoms with Gasteiger partial charge in [-0.3, -0.25) is 10.4 Å². The predicted octanol–water partition coefficient (Wildman–Crippen LogP) is 1.75. The minimum Gasteiger partial charge on any atom is -0.284 e. The van der Waals surface area contributed by atoms with Crippen molar-refractivity contribution in [3.8, 4) is 0 Å². The predicted molar refractivity (Wildman–Crippen MR) is 50.8 cm³/mol. The molecule has 0 aliphatic carbocycles. The normalized spacial score (nSPS) is 25.0. The Balaban J connectivity index is 2.39. The van der Waals surface area contributed by atoms with Gasteiger partial charge in [0.2, 0.25) is 0 Å². The van der Waals surface area contributed by atoms with Crippen molar-refractivity contribution in [3.05, 3.63) is 60.3 Å². The monoisotopic (exact) mass is 190 g/mol. The number of hydrogen-bond donors (Lipinski definition) is 2. The highest BCUT2D eigenvalue weighted by atomic mass is 16.5. The molecule has 0 radical (unpaired) electrons. The zero-order valence-electron chi connectivity index (χ0n) is 7.41. The van der Waals surface area contributed by atoms with Crippen molar-refractivity contribution < 1.29 is 10.4 Å². The molecule has 0 amide bonds. The molecular weight excluding hydrogens is 180 g/mol. The van der Waals surface area contributed by atoms with Gasteiger partial charge < -0.3 is 0 Å². The summed E-state index contributed by atoms with van der Waals surface area (Å²) in [5.74, 6) is 0. The molecule has 0 aromatic rings. The third-order valence-corrected chi connectivity index (χ3v) is 1.94. The fraction of sp³-hybridized carbons (Fsp3) is 0. The highest BCUT2D eigenvalue weighted by molar-refractivity contribution is 5.38. The Morgan fingerprint density at radius 2 is 1.14 bits per heavy atom. The van der Waals surface area contributed by atoms with Crippen LogP contribution in [-0.2, 0) is 0 Å². The zero-order chi connectivity index (χ0) is 9.97. The Kier molecular flexibility index (Phi) is 2.22. The Labute approximate surface area is 81.6 Å². The van der Waals surface area contributed by atoms with Crippen molar-refractivity contribution in [2.24, 2.45) is 0 Å². The molecule has 4 nitrogen and oxygen atoms in total. The van der Waals surface area contributed by atoms with Gasteiger partial charge in [-0.15, -0.1) is 0 Å². The number of hydrogen-bond acceptors (Lipinski definition) is 4. The smallest absolute Gasteiger partial charge is 0.0947 e. The van der Waals surface area contributed by atoms with Crippen LogP contribution in [-0.4, -0.2) is 20.5 Å². The minimum atomic E-state index is 0.524. The van der Waals surface area contributed by atoms with E-state index in [1.807, 2.05) is 0 Å². The summed E-state index contributed by atoms with van der Waals surface area (Å²) in [4.78, 5) is 0. The fourth-order valence-electron chi connectivity index (χ4n) is 1.27. The summed E-state index contributed by atoms with van der Waals surface area (Å²) in [6, 6.07) is 0. The van der Waals surface area contributed by atoms with E-state index in [4.69, 9.17) is 0 Å². The summed E-state index contributed by atoms with van der Waals surface area (Å²) in [5, 5.41) is 20.9. The molecule has 0 saturated carbocycles. The van der Waals surface area contributed by atoms with Crippen molar-refractivity contribution in [1.82, 2.24) is 10.1 Å². The first-order chi connectivity index (χ1) is 6.79.